The summed E-state index contributed by atoms with van der Waals surface area (Å²) in [4.78, 5) is 34.1. The van der Waals surface area contributed by atoms with Crippen LogP contribution in [-0.4, -0.2) is 111 Å². The number of anilines is 1. The van der Waals surface area contributed by atoms with E-state index in [0.717, 1.165) is 63.0 Å². The Kier molecular flexibility index (Phi) is 8.41. The number of morpholine rings is 1. The molecule has 1 amide bonds. The highest BCUT2D eigenvalue weighted by Gasteiger charge is 2.29. The molecule has 0 radical (unpaired) electrons. The average Bonchev–Trinajstić information content (AvgIpc) is 3.05. The van der Waals surface area contributed by atoms with Crippen molar-refractivity contribution in [2.24, 2.45) is 0 Å². The van der Waals surface area contributed by atoms with Crippen LogP contribution in [0.15, 0.2) is 53.5 Å². The van der Waals surface area contributed by atoms with Gasteiger partial charge in [0.05, 0.1) is 24.3 Å². The molecule has 7 rings (SSSR count). The molecule has 3 aromatic carbocycles. The summed E-state index contributed by atoms with van der Waals surface area (Å²) in [6.07, 6.45) is 2.40. The molecule has 0 unspecified atom stereocenters. The quantitative estimate of drug-likeness (QED) is 0.244. The van der Waals surface area contributed by atoms with Crippen molar-refractivity contribution in [1.29, 1.82) is 0 Å². The number of piperazine rings is 1. The lowest BCUT2D eigenvalue weighted by atomic mass is 10.0. The highest BCUT2D eigenvalue weighted by molar-refractivity contribution is 6.02. The number of halogens is 1. The number of hydrogen-bond donors (Lipinski definition) is 2. The van der Waals surface area contributed by atoms with Crippen LogP contribution in [0.5, 0.6) is 11.5 Å². The third-order valence-corrected chi connectivity index (χ3v) is 9.11. The van der Waals surface area contributed by atoms with E-state index in [2.05, 4.69) is 32.4 Å². The highest BCUT2D eigenvalue weighted by Crippen LogP contribution is 2.46. The molecule has 3 aliphatic rings. The van der Waals surface area contributed by atoms with Gasteiger partial charge in [-0.3, -0.25) is 14.5 Å². The Morgan fingerprint density at radius 2 is 1.67 bits per heavy atom. The maximum Gasteiger partial charge on any atom is 0.256 e. The summed E-state index contributed by atoms with van der Waals surface area (Å²) in [6.45, 7) is 9.58. The minimum atomic E-state index is -0.588. The summed E-state index contributed by atoms with van der Waals surface area (Å²) in [5.74, 6) is -0.296. The number of fused-ring (bicyclic) bond motifs is 3. The number of carbonyl (C=O) groups excluding carboxylic acids is 1. The lowest BCUT2D eigenvalue weighted by Crippen LogP contribution is -2.44. The first-order valence-corrected chi connectivity index (χ1v) is 15.8. The predicted molar refractivity (Wildman–Crippen MR) is 174 cm³/mol. The van der Waals surface area contributed by atoms with Crippen LogP contribution in [0.2, 0.25) is 0 Å². The molecule has 0 bridgehead atoms. The molecule has 2 saturated heterocycles. The van der Waals surface area contributed by atoms with E-state index in [1.165, 1.54) is 6.07 Å². The Hall–Kier alpha value is -4.03. The normalized spacial score (nSPS) is 17.3. The minimum absolute atomic E-state index is 0.0382. The van der Waals surface area contributed by atoms with Crippen LogP contribution in [0.25, 0.3) is 27.4 Å². The SMILES string of the molecule is CN1CCN(CCCNc2c(F)cc3c(=O)c(C(=O)NCCN4CCOCC4)cn4c3c2Oc2cc3ccccc3cc2-4)CC1. The Morgan fingerprint density at radius 3 is 2.44 bits per heavy atom. The van der Waals surface area contributed by atoms with Gasteiger partial charge in [0.25, 0.3) is 5.91 Å². The van der Waals surface area contributed by atoms with Gasteiger partial charge >= 0.3 is 0 Å². The van der Waals surface area contributed by atoms with Crippen LogP contribution >= 0.6 is 0 Å². The number of benzene rings is 3. The molecule has 1 aromatic heterocycles. The molecular formula is C34H39FN6O4. The first kappa shape index (κ1) is 29.7. The third-order valence-electron chi connectivity index (χ3n) is 9.11. The largest absolute Gasteiger partial charge is 0.451 e. The second kappa shape index (κ2) is 12.8. The van der Waals surface area contributed by atoms with Crippen molar-refractivity contribution in [2.75, 3.05) is 91.0 Å². The van der Waals surface area contributed by atoms with Gasteiger partial charge in [0, 0.05) is 65.1 Å². The van der Waals surface area contributed by atoms with E-state index in [-0.39, 0.29) is 22.4 Å². The topological polar surface area (TPSA) is 91.3 Å². The van der Waals surface area contributed by atoms with Gasteiger partial charge in [0.2, 0.25) is 5.43 Å². The second-order valence-electron chi connectivity index (χ2n) is 12.1. The van der Waals surface area contributed by atoms with Crippen molar-refractivity contribution in [3.63, 3.8) is 0 Å². The molecule has 0 spiro atoms. The average molecular weight is 615 g/mol. The zero-order valence-corrected chi connectivity index (χ0v) is 25.6. The number of likely N-dealkylation sites (N-methyl/N-ethyl adjacent to an activating group) is 1. The van der Waals surface area contributed by atoms with Crippen molar-refractivity contribution < 1.29 is 18.7 Å². The third kappa shape index (κ3) is 6.00. The number of aromatic nitrogens is 1. The van der Waals surface area contributed by atoms with Crippen molar-refractivity contribution >= 4 is 33.3 Å². The fourth-order valence-corrected chi connectivity index (χ4v) is 6.46. The summed E-state index contributed by atoms with van der Waals surface area (Å²) in [5, 5.41) is 8.23. The number of carbonyl (C=O) groups is 1. The summed E-state index contributed by atoms with van der Waals surface area (Å²) >= 11 is 0. The monoisotopic (exact) mass is 614 g/mol. The van der Waals surface area contributed by atoms with Crippen molar-refractivity contribution in [3.8, 4) is 17.2 Å². The van der Waals surface area contributed by atoms with E-state index in [4.69, 9.17) is 9.47 Å². The molecule has 11 heteroatoms. The second-order valence-corrected chi connectivity index (χ2v) is 12.1. The number of pyridine rings is 1. The summed E-state index contributed by atoms with van der Waals surface area (Å²) in [6, 6.07) is 13.0. The lowest BCUT2D eigenvalue weighted by Gasteiger charge is -2.32. The standard InChI is InChI=1S/C34H39FN6O4/c1-38-11-13-39(14-12-38)9-4-7-36-30-27(35)21-25-31-33(30)45-29-20-24-6-3-2-5-23(24)19-28(29)41(31)22-26(32(25)42)34(43)37-8-10-40-15-17-44-18-16-40/h2-3,5-6,19-22,36H,4,7-18H2,1H3,(H,37,43). The first-order valence-electron chi connectivity index (χ1n) is 15.8. The van der Waals surface area contributed by atoms with Gasteiger partial charge < -0.3 is 34.5 Å². The van der Waals surface area contributed by atoms with Gasteiger partial charge in [-0.1, -0.05) is 24.3 Å². The predicted octanol–water partition coefficient (Wildman–Crippen LogP) is 3.50. The van der Waals surface area contributed by atoms with Crippen molar-refractivity contribution in [2.45, 2.75) is 6.42 Å². The van der Waals surface area contributed by atoms with Crippen LogP contribution in [0, 0.1) is 5.82 Å². The molecule has 0 aliphatic carbocycles. The van der Waals surface area contributed by atoms with E-state index < -0.39 is 17.2 Å². The molecule has 4 heterocycles. The molecule has 4 aromatic rings. The Bertz CT molecular complexity index is 1800. The molecular weight excluding hydrogens is 575 g/mol. The molecule has 2 N–H and O–H groups in total. The van der Waals surface area contributed by atoms with Gasteiger partial charge in [-0.2, -0.15) is 0 Å². The van der Waals surface area contributed by atoms with Crippen molar-refractivity contribution in [3.05, 3.63) is 70.3 Å². The Labute approximate surface area is 261 Å². The Morgan fingerprint density at radius 1 is 0.933 bits per heavy atom. The van der Waals surface area contributed by atoms with Crippen molar-refractivity contribution in [1.82, 2.24) is 24.6 Å². The zero-order valence-electron chi connectivity index (χ0n) is 25.6. The van der Waals surface area contributed by atoms with Crippen LogP contribution in [0.3, 0.4) is 0 Å². The molecule has 0 saturated carbocycles. The van der Waals surface area contributed by atoms with E-state index in [9.17, 15) is 9.59 Å². The van der Waals surface area contributed by atoms with Crippen LogP contribution < -0.4 is 20.8 Å². The van der Waals surface area contributed by atoms with E-state index in [1.807, 2.05) is 41.0 Å². The number of amides is 1. The number of nitrogens with one attached hydrogen (secondary N) is 2. The number of hydrogen-bond acceptors (Lipinski definition) is 8. The van der Waals surface area contributed by atoms with Gasteiger partial charge in [0.15, 0.2) is 17.3 Å². The van der Waals surface area contributed by atoms with E-state index in [0.29, 0.717) is 49.8 Å². The smallest absolute Gasteiger partial charge is 0.256 e. The molecule has 236 valence electrons. The number of nitrogens with zero attached hydrogens (tertiary/aromatic N) is 4. The molecule has 10 nitrogen and oxygen atoms in total. The summed E-state index contributed by atoms with van der Waals surface area (Å²) in [7, 11) is 2.13. The lowest BCUT2D eigenvalue weighted by molar-refractivity contribution is 0.0383. The summed E-state index contributed by atoms with van der Waals surface area (Å²) in [5.41, 5.74) is 0.774. The van der Waals surface area contributed by atoms with Crippen LogP contribution in [0.1, 0.15) is 16.8 Å². The molecule has 45 heavy (non-hydrogen) atoms. The van der Waals surface area contributed by atoms with Crippen LogP contribution in [0.4, 0.5) is 10.1 Å². The van der Waals surface area contributed by atoms with Gasteiger partial charge in [-0.05, 0) is 49.0 Å². The molecule has 2 fully saturated rings. The van der Waals surface area contributed by atoms with Gasteiger partial charge in [0.1, 0.15) is 16.8 Å². The number of ether oxygens (including phenoxy) is 2. The van der Waals surface area contributed by atoms with Gasteiger partial charge in [-0.15, -0.1) is 0 Å². The Balaban J connectivity index is 1.22. The number of rotatable bonds is 9. The zero-order chi connectivity index (χ0) is 30.9. The molecule has 0 atom stereocenters. The first-order chi connectivity index (χ1) is 22.0. The summed E-state index contributed by atoms with van der Waals surface area (Å²) < 4.78 is 29.5. The van der Waals surface area contributed by atoms with E-state index in [1.54, 1.807) is 6.20 Å². The maximum absolute atomic E-state index is 15.9. The van der Waals surface area contributed by atoms with E-state index >= 15 is 4.39 Å². The minimum Gasteiger partial charge on any atom is -0.451 e. The van der Waals surface area contributed by atoms with Gasteiger partial charge in [-0.25, -0.2) is 4.39 Å². The maximum atomic E-state index is 15.9. The van der Waals surface area contributed by atoms with Crippen LogP contribution in [-0.2, 0) is 4.74 Å². The molecule has 3 aliphatic heterocycles. The highest BCUT2D eigenvalue weighted by atomic mass is 19.1. The fourth-order valence-electron chi connectivity index (χ4n) is 6.46. The fraction of sp³-hybridized carbons (Fsp3) is 0.412.